The lowest BCUT2D eigenvalue weighted by Gasteiger charge is -2.37. The zero-order valence-electron chi connectivity index (χ0n) is 14.6. The number of anilines is 1. The molecule has 1 aromatic rings. The van der Waals surface area contributed by atoms with Crippen LogP contribution >= 0.6 is 0 Å². The molecule has 1 saturated heterocycles. The van der Waals surface area contributed by atoms with Crippen molar-refractivity contribution in [1.29, 1.82) is 0 Å². The third-order valence-electron chi connectivity index (χ3n) is 5.16. The highest BCUT2D eigenvalue weighted by molar-refractivity contribution is 7.91. The van der Waals surface area contributed by atoms with Gasteiger partial charge in [-0.2, -0.15) is 0 Å². The molecule has 1 aliphatic heterocycles. The van der Waals surface area contributed by atoms with Gasteiger partial charge in [0.25, 0.3) is 0 Å². The average molecular weight is 367 g/mol. The summed E-state index contributed by atoms with van der Waals surface area (Å²) < 4.78 is 28.4. The molecule has 2 heterocycles. The van der Waals surface area contributed by atoms with Gasteiger partial charge in [0.05, 0.1) is 12.1 Å². The summed E-state index contributed by atoms with van der Waals surface area (Å²) in [4.78, 5) is 18.2. The van der Waals surface area contributed by atoms with Gasteiger partial charge in [0, 0.05) is 32.7 Å². The minimum absolute atomic E-state index is 0.0493. The maximum absolute atomic E-state index is 12.2. The number of amides is 1. The first-order valence-electron chi connectivity index (χ1n) is 8.51. The first-order valence-corrected chi connectivity index (χ1v) is 10.6. The monoisotopic (exact) mass is 367 g/mol. The Balaban J connectivity index is 1.65. The lowest BCUT2D eigenvalue weighted by Crippen LogP contribution is -2.44. The van der Waals surface area contributed by atoms with Crippen LogP contribution in [0.2, 0.25) is 0 Å². The third kappa shape index (κ3) is 4.49. The minimum Gasteiger partial charge on any atom is -0.379 e. The summed E-state index contributed by atoms with van der Waals surface area (Å²) in [5.41, 5.74) is 0. The molecule has 4 atom stereocenters. The van der Waals surface area contributed by atoms with Crippen molar-refractivity contribution >= 4 is 21.6 Å². The van der Waals surface area contributed by atoms with Gasteiger partial charge >= 0.3 is 0 Å². The number of sulfone groups is 1. The lowest BCUT2D eigenvalue weighted by atomic mass is 9.77. The van der Waals surface area contributed by atoms with Gasteiger partial charge in [-0.15, -0.1) is 0 Å². The summed E-state index contributed by atoms with van der Waals surface area (Å²) >= 11 is 0. The van der Waals surface area contributed by atoms with Crippen molar-refractivity contribution < 1.29 is 17.9 Å². The topological polar surface area (TPSA) is 88.6 Å². The molecule has 2 aliphatic rings. The second kappa shape index (κ2) is 7.29. The Labute approximate surface area is 148 Å². The maximum Gasteiger partial charge on any atom is 0.237 e. The predicted molar refractivity (Wildman–Crippen MR) is 94.9 cm³/mol. The standard InChI is InChI=1S/C17H25N3O4S/c1-24-15-8-13-10-20(17(21)11-25(2,22)23)9-12(13)7-14(15)19-16-5-3-4-6-18-16/h3-6,12-15H,7-11H2,1-2H3,(H,18,19)/t12-,13+,14-,15-/m1/s1. The number of aromatic nitrogens is 1. The van der Waals surface area contributed by atoms with Crippen molar-refractivity contribution in [2.75, 3.05) is 37.5 Å². The quantitative estimate of drug-likeness (QED) is 0.828. The third-order valence-corrected chi connectivity index (χ3v) is 5.93. The molecule has 0 spiro atoms. The molecule has 25 heavy (non-hydrogen) atoms. The first-order chi connectivity index (χ1) is 11.9. The number of carbonyl (C=O) groups is 1. The Morgan fingerprint density at radius 2 is 2.04 bits per heavy atom. The van der Waals surface area contributed by atoms with E-state index in [1.807, 2.05) is 18.2 Å². The van der Waals surface area contributed by atoms with Gasteiger partial charge in [-0.05, 0) is 36.8 Å². The Morgan fingerprint density at radius 3 is 2.64 bits per heavy atom. The van der Waals surface area contributed by atoms with Gasteiger partial charge in [-0.3, -0.25) is 4.79 Å². The van der Waals surface area contributed by atoms with Crippen LogP contribution in [-0.4, -0.2) is 68.6 Å². The average Bonchev–Trinajstić information content (AvgIpc) is 2.96. The molecule has 1 aromatic heterocycles. The zero-order chi connectivity index (χ0) is 18.0. The SMILES string of the molecule is CO[C@@H]1C[C@H]2CN(C(=O)CS(C)(=O)=O)C[C@H]2C[C@H]1Nc1ccccn1. The molecule has 138 valence electrons. The van der Waals surface area contributed by atoms with Gasteiger partial charge in [0.2, 0.25) is 5.91 Å². The van der Waals surface area contributed by atoms with Crippen LogP contribution in [0.15, 0.2) is 24.4 Å². The summed E-state index contributed by atoms with van der Waals surface area (Å²) in [5, 5.41) is 3.44. The highest BCUT2D eigenvalue weighted by Crippen LogP contribution is 2.38. The van der Waals surface area contributed by atoms with Crippen molar-refractivity contribution in [3.05, 3.63) is 24.4 Å². The molecule has 2 fully saturated rings. The number of nitrogens with zero attached hydrogens (tertiary/aromatic N) is 2. The first kappa shape index (κ1) is 18.1. The van der Waals surface area contributed by atoms with E-state index >= 15 is 0 Å². The Morgan fingerprint density at radius 1 is 1.32 bits per heavy atom. The molecule has 1 saturated carbocycles. The van der Waals surface area contributed by atoms with Crippen LogP contribution in [0, 0.1) is 11.8 Å². The highest BCUT2D eigenvalue weighted by Gasteiger charge is 2.43. The molecule has 1 amide bonds. The molecule has 0 bridgehead atoms. The van der Waals surface area contributed by atoms with E-state index < -0.39 is 15.6 Å². The fourth-order valence-electron chi connectivity index (χ4n) is 3.98. The summed E-state index contributed by atoms with van der Waals surface area (Å²) in [6.45, 7) is 1.24. The summed E-state index contributed by atoms with van der Waals surface area (Å²) in [6, 6.07) is 5.86. The fraction of sp³-hybridized carbons (Fsp3) is 0.647. The Kier molecular flexibility index (Phi) is 5.29. The van der Waals surface area contributed by atoms with E-state index in [1.165, 1.54) is 0 Å². The number of hydrogen-bond donors (Lipinski definition) is 1. The van der Waals surface area contributed by atoms with E-state index in [-0.39, 0.29) is 18.1 Å². The molecule has 0 radical (unpaired) electrons. The maximum atomic E-state index is 12.2. The molecular weight excluding hydrogens is 342 g/mol. The largest absolute Gasteiger partial charge is 0.379 e. The van der Waals surface area contributed by atoms with E-state index in [4.69, 9.17) is 4.74 Å². The van der Waals surface area contributed by atoms with E-state index in [0.717, 1.165) is 24.9 Å². The molecule has 8 heteroatoms. The Bertz CT molecular complexity index is 710. The van der Waals surface area contributed by atoms with Gasteiger partial charge in [0.1, 0.15) is 11.6 Å². The zero-order valence-corrected chi connectivity index (χ0v) is 15.4. The van der Waals surface area contributed by atoms with Crippen molar-refractivity contribution in [2.24, 2.45) is 11.8 Å². The summed E-state index contributed by atoms with van der Waals surface area (Å²) in [6.07, 6.45) is 4.63. The second-order valence-electron chi connectivity index (χ2n) is 7.10. The van der Waals surface area contributed by atoms with Crippen LogP contribution < -0.4 is 5.32 Å². The van der Waals surface area contributed by atoms with Gasteiger partial charge < -0.3 is 15.0 Å². The van der Waals surface area contributed by atoms with Gasteiger partial charge in [-0.1, -0.05) is 6.07 Å². The van der Waals surface area contributed by atoms with Crippen molar-refractivity contribution in [3.63, 3.8) is 0 Å². The number of methoxy groups -OCH3 is 1. The number of nitrogens with one attached hydrogen (secondary N) is 1. The number of fused-ring (bicyclic) bond motifs is 1. The number of pyridine rings is 1. The normalized spacial score (nSPS) is 29.3. The van der Waals surface area contributed by atoms with Crippen molar-refractivity contribution in [1.82, 2.24) is 9.88 Å². The summed E-state index contributed by atoms with van der Waals surface area (Å²) in [7, 11) is -1.59. The fourth-order valence-corrected chi connectivity index (χ4v) is 4.61. The minimum atomic E-state index is -3.30. The van der Waals surface area contributed by atoms with Crippen LogP contribution in [0.5, 0.6) is 0 Å². The van der Waals surface area contributed by atoms with E-state index in [2.05, 4.69) is 10.3 Å². The Hall–Kier alpha value is -1.67. The molecule has 0 aromatic carbocycles. The molecule has 0 unspecified atom stereocenters. The van der Waals surface area contributed by atoms with Crippen LogP contribution in [0.25, 0.3) is 0 Å². The number of rotatable bonds is 5. The lowest BCUT2D eigenvalue weighted by molar-refractivity contribution is -0.127. The predicted octanol–water partition coefficient (Wildman–Crippen LogP) is 0.790. The molecule has 7 nitrogen and oxygen atoms in total. The molecule has 1 N–H and O–H groups in total. The van der Waals surface area contributed by atoms with E-state index in [0.29, 0.717) is 24.9 Å². The van der Waals surface area contributed by atoms with Crippen molar-refractivity contribution in [3.8, 4) is 0 Å². The number of hydrogen-bond acceptors (Lipinski definition) is 6. The van der Waals surface area contributed by atoms with Crippen LogP contribution in [0.3, 0.4) is 0 Å². The van der Waals surface area contributed by atoms with Crippen molar-refractivity contribution in [2.45, 2.75) is 25.0 Å². The number of carbonyl (C=O) groups excluding carboxylic acids is 1. The van der Waals surface area contributed by atoms with Crippen LogP contribution in [-0.2, 0) is 19.4 Å². The van der Waals surface area contributed by atoms with Gasteiger partial charge in [0.15, 0.2) is 9.84 Å². The highest BCUT2D eigenvalue weighted by atomic mass is 32.2. The molecule has 3 rings (SSSR count). The van der Waals surface area contributed by atoms with E-state index in [1.54, 1.807) is 18.2 Å². The number of ether oxygens (including phenoxy) is 1. The number of likely N-dealkylation sites (tertiary alicyclic amines) is 1. The summed E-state index contributed by atoms with van der Waals surface area (Å²) in [5.74, 6) is 0.831. The second-order valence-corrected chi connectivity index (χ2v) is 9.24. The smallest absolute Gasteiger partial charge is 0.237 e. The molecular formula is C17H25N3O4S. The van der Waals surface area contributed by atoms with Crippen LogP contribution in [0.1, 0.15) is 12.8 Å². The van der Waals surface area contributed by atoms with Crippen LogP contribution in [0.4, 0.5) is 5.82 Å². The van der Waals surface area contributed by atoms with E-state index in [9.17, 15) is 13.2 Å². The molecule has 1 aliphatic carbocycles. The van der Waals surface area contributed by atoms with Gasteiger partial charge in [-0.25, -0.2) is 13.4 Å².